The molecule has 4 rings (SSSR count). The topological polar surface area (TPSA) is 56.1 Å². The SMILES string of the molecule is CCC(C)(C)n1nnnc1C(c1ccc(C(F)(F)F)cc1)N(Cc1ccccc1)Cc1ccc(OC)cc1. The third-order valence-electron chi connectivity index (χ3n) is 6.87. The van der Waals surface area contributed by atoms with Gasteiger partial charge in [0, 0.05) is 13.1 Å². The van der Waals surface area contributed by atoms with E-state index in [1.54, 1.807) is 11.8 Å². The van der Waals surface area contributed by atoms with Crippen LogP contribution in [0, 0.1) is 0 Å². The molecule has 0 aliphatic carbocycles. The predicted octanol–water partition coefficient (Wildman–Crippen LogP) is 6.64. The third kappa shape index (κ3) is 6.22. The minimum atomic E-state index is -4.42. The maximum Gasteiger partial charge on any atom is 0.416 e. The summed E-state index contributed by atoms with van der Waals surface area (Å²) in [4.78, 5) is 2.19. The second-order valence-corrected chi connectivity index (χ2v) is 9.88. The van der Waals surface area contributed by atoms with Crippen LogP contribution in [0.15, 0.2) is 78.9 Å². The van der Waals surface area contributed by atoms with Gasteiger partial charge in [0.25, 0.3) is 0 Å². The van der Waals surface area contributed by atoms with Crippen LogP contribution in [0.3, 0.4) is 0 Å². The molecule has 0 bridgehead atoms. The Bertz CT molecular complexity index is 1300. The monoisotopic (exact) mass is 523 g/mol. The lowest BCUT2D eigenvalue weighted by atomic mass is 9.97. The van der Waals surface area contributed by atoms with Gasteiger partial charge >= 0.3 is 6.18 Å². The van der Waals surface area contributed by atoms with Crippen LogP contribution in [-0.2, 0) is 24.8 Å². The standard InChI is InChI=1S/C29H32F3N5O/c1-5-28(2,3)37-27(33-34-35-37)26(23-13-15-24(16-14-23)29(30,31)32)36(19-21-9-7-6-8-10-21)20-22-11-17-25(38-4)18-12-22/h6-18,26H,5,19-20H2,1-4H3. The Kier molecular flexibility index (Phi) is 8.16. The van der Waals surface area contributed by atoms with Gasteiger partial charge in [0.15, 0.2) is 5.82 Å². The fourth-order valence-corrected chi connectivity index (χ4v) is 4.34. The van der Waals surface area contributed by atoms with Crippen molar-refractivity contribution in [2.24, 2.45) is 0 Å². The number of rotatable bonds is 10. The molecular formula is C29H32F3N5O. The molecule has 0 saturated carbocycles. The lowest BCUT2D eigenvalue weighted by Gasteiger charge is -2.34. The van der Waals surface area contributed by atoms with Crippen molar-refractivity contribution in [1.29, 1.82) is 0 Å². The molecule has 1 aromatic heterocycles. The summed E-state index contributed by atoms with van der Waals surface area (Å²) in [7, 11) is 1.62. The van der Waals surface area contributed by atoms with Crippen molar-refractivity contribution in [2.45, 2.75) is 58.0 Å². The molecule has 0 aliphatic rings. The van der Waals surface area contributed by atoms with E-state index in [0.29, 0.717) is 24.5 Å². The highest BCUT2D eigenvalue weighted by Gasteiger charge is 2.34. The molecule has 1 unspecified atom stereocenters. The quantitative estimate of drug-likeness (QED) is 0.233. The fraction of sp³-hybridized carbons (Fsp3) is 0.345. The van der Waals surface area contributed by atoms with Crippen LogP contribution in [-0.4, -0.2) is 32.2 Å². The Hall–Kier alpha value is -3.72. The zero-order valence-electron chi connectivity index (χ0n) is 22.0. The van der Waals surface area contributed by atoms with Crippen LogP contribution in [0.4, 0.5) is 13.2 Å². The van der Waals surface area contributed by atoms with Crippen molar-refractivity contribution < 1.29 is 17.9 Å². The largest absolute Gasteiger partial charge is 0.497 e. The van der Waals surface area contributed by atoms with E-state index in [-0.39, 0.29) is 0 Å². The highest BCUT2D eigenvalue weighted by molar-refractivity contribution is 5.32. The van der Waals surface area contributed by atoms with Gasteiger partial charge in [-0.2, -0.15) is 13.2 Å². The van der Waals surface area contributed by atoms with Crippen LogP contribution >= 0.6 is 0 Å². The first-order valence-corrected chi connectivity index (χ1v) is 12.5. The molecule has 200 valence electrons. The van der Waals surface area contributed by atoms with Crippen molar-refractivity contribution >= 4 is 0 Å². The van der Waals surface area contributed by atoms with E-state index in [9.17, 15) is 13.2 Å². The molecule has 1 atom stereocenters. The summed E-state index contributed by atoms with van der Waals surface area (Å²) in [5, 5.41) is 12.7. The summed E-state index contributed by atoms with van der Waals surface area (Å²) in [6, 6.07) is 22.5. The lowest BCUT2D eigenvalue weighted by molar-refractivity contribution is -0.137. The number of nitrogens with zero attached hydrogens (tertiary/aromatic N) is 5. The van der Waals surface area contributed by atoms with E-state index in [1.165, 1.54) is 12.1 Å². The molecule has 3 aromatic carbocycles. The molecule has 6 nitrogen and oxygen atoms in total. The second kappa shape index (κ2) is 11.3. The number of hydrogen-bond acceptors (Lipinski definition) is 5. The molecule has 9 heteroatoms. The highest BCUT2D eigenvalue weighted by atomic mass is 19.4. The van der Waals surface area contributed by atoms with Crippen molar-refractivity contribution in [3.8, 4) is 5.75 Å². The van der Waals surface area contributed by atoms with Gasteiger partial charge in [-0.3, -0.25) is 4.90 Å². The predicted molar refractivity (Wildman–Crippen MR) is 139 cm³/mol. The molecular weight excluding hydrogens is 491 g/mol. The summed E-state index contributed by atoms with van der Waals surface area (Å²) in [6.45, 7) is 7.17. The molecule has 0 fully saturated rings. The van der Waals surface area contributed by atoms with Crippen molar-refractivity contribution in [1.82, 2.24) is 25.1 Å². The van der Waals surface area contributed by atoms with Crippen LogP contribution in [0.1, 0.15) is 61.3 Å². The molecule has 0 spiro atoms. The van der Waals surface area contributed by atoms with E-state index >= 15 is 0 Å². The highest BCUT2D eigenvalue weighted by Crippen LogP contribution is 2.35. The molecule has 1 heterocycles. The van der Waals surface area contributed by atoms with Crippen LogP contribution in [0.25, 0.3) is 0 Å². The number of aromatic nitrogens is 4. The average molecular weight is 524 g/mol. The van der Waals surface area contributed by atoms with E-state index < -0.39 is 23.3 Å². The number of ether oxygens (including phenoxy) is 1. The normalized spacial score (nSPS) is 13.1. The maximum absolute atomic E-state index is 13.4. The number of tetrazole rings is 1. The van der Waals surface area contributed by atoms with Gasteiger partial charge in [-0.25, -0.2) is 4.68 Å². The Morgan fingerprint density at radius 2 is 1.47 bits per heavy atom. The first-order chi connectivity index (χ1) is 18.1. The molecule has 0 aliphatic heterocycles. The van der Waals surface area contributed by atoms with Gasteiger partial charge in [0.05, 0.1) is 24.3 Å². The third-order valence-corrected chi connectivity index (χ3v) is 6.87. The number of methoxy groups -OCH3 is 1. The Labute approximate surface area is 221 Å². The van der Waals surface area contributed by atoms with Gasteiger partial charge in [-0.15, -0.1) is 5.10 Å². The zero-order valence-corrected chi connectivity index (χ0v) is 22.0. The minimum Gasteiger partial charge on any atom is -0.497 e. The van der Waals surface area contributed by atoms with Gasteiger partial charge in [0.2, 0.25) is 0 Å². The van der Waals surface area contributed by atoms with E-state index in [0.717, 1.165) is 35.4 Å². The molecule has 0 N–H and O–H groups in total. The summed E-state index contributed by atoms with van der Waals surface area (Å²) in [5.74, 6) is 1.32. The summed E-state index contributed by atoms with van der Waals surface area (Å²) in [5.41, 5.74) is 1.66. The summed E-state index contributed by atoms with van der Waals surface area (Å²) < 4.78 is 47.3. The van der Waals surface area contributed by atoms with E-state index in [4.69, 9.17) is 4.74 Å². The Morgan fingerprint density at radius 3 is 2.03 bits per heavy atom. The number of alkyl halides is 3. The number of hydrogen-bond donors (Lipinski definition) is 0. The molecule has 0 saturated heterocycles. The van der Waals surface area contributed by atoms with Crippen molar-refractivity contribution in [2.75, 3.05) is 7.11 Å². The lowest BCUT2D eigenvalue weighted by Crippen LogP contribution is -2.35. The van der Waals surface area contributed by atoms with E-state index in [1.807, 2.05) is 68.4 Å². The molecule has 0 radical (unpaired) electrons. The number of halogens is 3. The average Bonchev–Trinajstić information content (AvgIpc) is 3.40. The molecule has 38 heavy (non-hydrogen) atoms. The Balaban J connectivity index is 1.85. The van der Waals surface area contributed by atoms with Crippen molar-refractivity contribution in [3.63, 3.8) is 0 Å². The van der Waals surface area contributed by atoms with Gasteiger partial charge < -0.3 is 4.74 Å². The van der Waals surface area contributed by atoms with Crippen LogP contribution < -0.4 is 4.74 Å². The molecule has 0 amide bonds. The van der Waals surface area contributed by atoms with Gasteiger partial charge in [-0.05, 0) is 71.7 Å². The van der Waals surface area contributed by atoms with Gasteiger partial charge in [0.1, 0.15) is 5.75 Å². The van der Waals surface area contributed by atoms with Crippen molar-refractivity contribution in [3.05, 3.63) is 107 Å². The smallest absolute Gasteiger partial charge is 0.416 e. The Morgan fingerprint density at radius 1 is 0.868 bits per heavy atom. The fourth-order valence-electron chi connectivity index (χ4n) is 4.34. The summed E-state index contributed by atoms with van der Waals surface area (Å²) >= 11 is 0. The second-order valence-electron chi connectivity index (χ2n) is 9.88. The van der Waals surface area contributed by atoms with Crippen LogP contribution in [0.2, 0.25) is 0 Å². The van der Waals surface area contributed by atoms with Gasteiger partial charge in [-0.1, -0.05) is 61.5 Å². The number of benzene rings is 3. The maximum atomic E-state index is 13.4. The summed E-state index contributed by atoms with van der Waals surface area (Å²) in [6.07, 6.45) is -3.66. The van der Waals surface area contributed by atoms with Crippen LogP contribution in [0.5, 0.6) is 5.75 Å². The first-order valence-electron chi connectivity index (χ1n) is 12.5. The minimum absolute atomic E-state index is 0.401. The first kappa shape index (κ1) is 27.3. The van der Waals surface area contributed by atoms with E-state index in [2.05, 4.69) is 27.3 Å². The zero-order chi connectivity index (χ0) is 27.3. The molecule has 4 aromatic rings.